The second-order valence-electron chi connectivity index (χ2n) is 4.40. The molecule has 0 aliphatic rings. The number of carbonyl (C=O) groups is 1. The predicted molar refractivity (Wildman–Crippen MR) is 77.3 cm³/mol. The first-order valence-corrected chi connectivity index (χ1v) is 6.26. The van der Waals surface area contributed by atoms with Crippen LogP contribution < -0.4 is 11.1 Å². The number of rotatable bonds is 5. The van der Waals surface area contributed by atoms with Crippen molar-refractivity contribution in [2.75, 3.05) is 0 Å². The van der Waals surface area contributed by atoms with Crippen molar-refractivity contribution in [2.24, 2.45) is 5.73 Å². The highest BCUT2D eigenvalue weighted by atomic mass is 16.2. The van der Waals surface area contributed by atoms with E-state index in [0.717, 1.165) is 16.8 Å². The number of nitrogens with zero attached hydrogens (tertiary/aromatic N) is 1. The molecule has 0 saturated heterocycles. The Morgan fingerprint density at radius 2 is 2.15 bits per heavy atom. The normalized spacial score (nSPS) is 11.6. The van der Waals surface area contributed by atoms with Gasteiger partial charge in [0.1, 0.15) is 0 Å². The lowest BCUT2D eigenvalue weighted by Crippen LogP contribution is -2.39. The van der Waals surface area contributed by atoms with Gasteiger partial charge in [-0.3, -0.25) is 9.89 Å². The summed E-state index contributed by atoms with van der Waals surface area (Å²) in [5.74, 6) is 2.14. The molecule has 2 rings (SSSR count). The maximum atomic E-state index is 11.6. The van der Waals surface area contributed by atoms with Crippen molar-refractivity contribution in [3.8, 4) is 23.6 Å². The third kappa shape index (κ3) is 3.46. The monoisotopic (exact) mass is 268 g/mol. The van der Waals surface area contributed by atoms with Gasteiger partial charge in [0, 0.05) is 19.2 Å². The number of nitrogens with one attached hydrogen (secondary N) is 2. The molecule has 1 amide bonds. The zero-order valence-electron chi connectivity index (χ0n) is 11.0. The summed E-state index contributed by atoms with van der Waals surface area (Å²) in [6.45, 7) is 0.431. The molecule has 1 unspecified atom stereocenters. The molecule has 20 heavy (non-hydrogen) atoms. The van der Waals surface area contributed by atoms with E-state index in [9.17, 15) is 4.79 Å². The van der Waals surface area contributed by atoms with Crippen LogP contribution in [0.3, 0.4) is 0 Å². The summed E-state index contributed by atoms with van der Waals surface area (Å²) in [6.07, 6.45) is 7.06. The van der Waals surface area contributed by atoms with E-state index >= 15 is 0 Å². The van der Waals surface area contributed by atoms with Gasteiger partial charge in [-0.15, -0.1) is 12.3 Å². The molecule has 102 valence electrons. The average molecular weight is 268 g/mol. The predicted octanol–water partition coefficient (Wildman–Crippen LogP) is 1.04. The standard InChI is InChI=1S/C15H16N4O/c1-2-3-13(16)15(20)17-10-11-4-6-12(7-5-11)14-8-9-18-19-14/h1,4-9,13H,3,10,16H2,(H,17,20)(H,18,19). The number of aromatic amines is 1. The fourth-order valence-corrected chi connectivity index (χ4v) is 1.76. The van der Waals surface area contributed by atoms with Crippen LogP contribution in [-0.2, 0) is 11.3 Å². The molecule has 0 fully saturated rings. The lowest BCUT2D eigenvalue weighted by molar-refractivity contribution is -0.122. The van der Waals surface area contributed by atoms with Gasteiger partial charge in [-0.2, -0.15) is 5.10 Å². The Morgan fingerprint density at radius 3 is 2.75 bits per heavy atom. The van der Waals surface area contributed by atoms with Gasteiger partial charge in [0.15, 0.2) is 0 Å². The molecule has 0 bridgehead atoms. The molecular formula is C15H16N4O. The van der Waals surface area contributed by atoms with E-state index in [1.54, 1.807) is 6.20 Å². The number of hydrogen-bond acceptors (Lipinski definition) is 3. The van der Waals surface area contributed by atoms with Crippen molar-refractivity contribution in [3.63, 3.8) is 0 Å². The fraction of sp³-hybridized carbons (Fsp3) is 0.200. The van der Waals surface area contributed by atoms with Gasteiger partial charge < -0.3 is 11.1 Å². The second-order valence-corrected chi connectivity index (χ2v) is 4.40. The minimum atomic E-state index is -0.649. The molecule has 0 aliphatic carbocycles. The maximum absolute atomic E-state index is 11.6. The van der Waals surface area contributed by atoms with E-state index < -0.39 is 6.04 Å². The Balaban J connectivity index is 1.92. The second kappa shape index (κ2) is 6.55. The highest BCUT2D eigenvalue weighted by Gasteiger charge is 2.11. The molecule has 4 N–H and O–H groups in total. The molecule has 0 radical (unpaired) electrons. The van der Waals surface area contributed by atoms with Gasteiger partial charge >= 0.3 is 0 Å². The van der Waals surface area contributed by atoms with Crippen LogP contribution in [0.15, 0.2) is 36.5 Å². The van der Waals surface area contributed by atoms with Gasteiger partial charge in [-0.05, 0) is 17.2 Å². The number of aromatic nitrogens is 2. The zero-order valence-corrected chi connectivity index (χ0v) is 11.0. The van der Waals surface area contributed by atoms with Gasteiger partial charge in [0.05, 0.1) is 11.7 Å². The molecule has 0 saturated carbocycles. The molecule has 1 atom stereocenters. The van der Waals surface area contributed by atoms with Crippen LogP contribution in [-0.4, -0.2) is 22.1 Å². The van der Waals surface area contributed by atoms with E-state index in [2.05, 4.69) is 21.4 Å². The average Bonchev–Trinajstić information content (AvgIpc) is 2.99. The Bertz CT molecular complexity index is 596. The molecule has 1 aromatic heterocycles. The Kier molecular flexibility index (Phi) is 4.53. The summed E-state index contributed by atoms with van der Waals surface area (Å²) in [6, 6.07) is 9.08. The van der Waals surface area contributed by atoms with E-state index in [1.807, 2.05) is 30.3 Å². The molecule has 5 nitrogen and oxygen atoms in total. The van der Waals surface area contributed by atoms with Gasteiger partial charge in [0.25, 0.3) is 0 Å². The summed E-state index contributed by atoms with van der Waals surface area (Å²) < 4.78 is 0. The molecule has 5 heteroatoms. The SMILES string of the molecule is C#CCC(N)C(=O)NCc1ccc(-c2ccn[nH]2)cc1. The van der Waals surface area contributed by atoms with Crippen molar-refractivity contribution in [3.05, 3.63) is 42.1 Å². The Hall–Kier alpha value is -2.58. The number of amides is 1. The molecule has 1 heterocycles. The maximum Gasteiger partial charge on any atom is 0.238 e. The van der Waals surface area contributed by atoms with E-state index in [0.29, 0.717) is 6.54 Å². The van der Waals surface area contributed by atoms with E-state index in [4.69, 9.17) is 12.2 Å². The highest BCUT2D eigenvalue weighted by Crippen LogP contribution is 2.16. The first-order chi connectivity index (χ1) is 9.70. The molecule has 0 spiro atoms. The van der Waals surface area contributed by atoms with Crippen LogP contribution in [0.4, 0.5) is 0 Å². The van der Waals surface area contributed by atoms with E-state index in [1.165, 1.54) is 0 Å². The first kappa shape index (κ1) is 13.8. The Morgan fingerprint density at radius 1 is 1.40 bits per heavy atom. The fourth-order valence-electron chi connectivity index (χ4n) is 1.76. The van der Waals surface area contributed by atoms with Crippen molar-refractivity contribution in [1.29, 1.82) is 0 Å². The minimum absolute atomic E-state index is 0.236. The Labute approximate surface area is 117 Å². The summed E-state index contributed by atoms with van der Waals surface area (Å²) in [7, 11) is 0. The van der Waals surface area contributed by atoms with Crippen molar-refractivity contribution in [1.82, 2.24) is 15.5 Å². The first-order valence-electron chi connectivity index (χ1n) is 6.26. The third-order valence-electron chi connectivity index (χ3n) is 2.91. The van der Waals surface area contributed by atoms with Crippen molar-refractivity contribution in [2.45, 2.75) is 19.0 Å². The van der Waals surface area contributed by atoms with E-state index in [-0.39, 0.29) is 12.3 Å². The number of nitrogens with two attached hydrogens (primary N) is 1. The number of H-pyrrole nitrogens is 1. The van der Waals surface area contributed by atoms with Crippen LogP contribution in [0.1, 0.15) is 12.0 Å². The molecular weight excluding hydrogens is 252 g/mol. The van der Waals surface area contributed by atoms with Crippen LogP contribution in [0, 0.1) is 12.3 Å². The van der Waals surface area contributed by atoms with Gasteiger partial charge in [-0.1, -0.05) is 24.3 Å². The summed E-state index contributed by atoms with van der Waals surface area (Å²) in [5, 5.41) is 9.56. The highest BCUT2D eigenvalue weighted by molar-refractivity contribution is 5.81. The molecule has 0 aliphatic heterocycles. The van der Waals surface area contributed by atoms with Crippen LogP contribution >= 0.6 is 0 Å². The molecule has 2 aromatic rings. The topological polar surface area (TPSA) is 83.8 Å². The lowest BCUT2D eigenvalue weighted by atomic mass is 10.1. The van der Waals surface area contributed by atoms with Crippen LogP contribution in [0.5, 0.6) is 0 Å². The third-order valence-corrected chi connectivity index (χ3v) is 2.91. The van der Waals surface area contributed by atoms with Crippen LogP contribution in [0.25, 0.3) is 11.3 Å². The quantitative estimate of drug-likeness (QED) is 0.708. The number of carbonyl (C=O) groups excluding carboxylic acids is 1. The minimum Gasteiger partial charge on any atom is -0.351 e. The molecule has 1 aromatic carbocycles. The van der Waals surface area contributed by atoms with Crippen molar-refractivity contribution < 1.29 is 4.79 Å². The van der Waals surface area contributed by atoms with Crippen molar-refractivity contribution >= 4 is 5.91 Å². The largest absolute Gasteiger partial charge is 0.351 e. The smallest absolute Gasteiger partial charge is 0.238 e. The zero-order chi connectivity index (χ0) is 14.4. The summed E-state index contributed by atoms with van der Waals surface area (Å²) in [4.78, 5) is 11.6. The lowest BCUT2D eigenvalue weighted by Gasteiger charge is -2.10. The summed E-state index contributed by atoms with van der Waals surface area (Å²) >= 11 is 0. The van der Waals surface area contributed by atoms with Gasteiger partial charge in [-0.25, -0.2) is 0 Å². The summed E-state index contributed by atoms with van der Waals surface area (Å²) in [5.41, 5.74) is 8.61. The van der Waals surface area contributed by atoms with Gasteiger partial charge in [0.2, 0.25) is 5.91 Å². The van der Waals surface area contributed by atoms with Crippen LogP contribution in [0.2, 0.25) is 0 Å². The number of terminal acetylenes is 1. The number of benzene rings is 1. The number of hydrogen-bond donors (Lipinski definition) is 3.